The number of carbonyl (C=O) groups is 3. The van der Waals surface area contributed by atoms with Crippen molar-refractivity contribution >= 4 is 87.1 Å². The number of carboxylic acid groups (broad SMARTS) is 1. The highest BCUT2D eigenvalue weighted by molar-refractivity contribution is 8.26. The van der Waals surface area contributed by atoms with E-state index < -0.39 is 5.97 Å². The van der Waals surface area contributed by atoms with Gasteiger partial charge in [-0.05, 0) is 82.9 Å². The molecule has 5 rings (SSSR count). The third kappa shape index (κ3) is 8.82. The normalized spacial score (nSPS) is 16.6. The molecule has 2 heterocycles. The predicted molar refractivity (Wildman–Crippen MR) is 185 cm³/mol. The molecule has 0 saturated carbocycles. The lowest BCUT2D eigenvalue weighted by Gasteiger charge is -2.25. The summed E-state index contributed by atoms with van der Waals surface area (Å²) in [6.07, 6.45) is 6.01. The molecule has 0 aromatic heterocycles. The van der Waals surface area contributed by atoms with Crippen molar-refractivity contribution in [2.24, 2.45) is 0 Å². The number of nitrogens with one attached hydrogen (secondary N) is 1. The molecule has 2 aliphatic rings. The summed E-state index contributed by atoms with van der Waals surface area (Å²) in [6.45, 7) is 4.16. The third-order valence-electron chi connectivity index (χ3n) is 7.16. The molecule has 12 heteroatoms. The van der Waals surface area contributed by atoms with Crippen LogP contribution in [0, 0.1) is 0 Å². The minimum Gasteiger partial charge on any atom is -0.478 e. The van der Waals surface area contributed by atoms with Gasteiger partial charge in [-0.2, -0.15) is 0 Å². The molecule has 45 heavy (non-hydrogen) atoms. The maximum absolute atomic E-state index is 13.4. The van der Waals surface area contributed by atoms with Crippen molar-refractivity contribution in [3.05, 3.63) is 98.4 Å². The van der Waals surface area contributed by atoms with Crippen LogP contribution >= 0.6 is 47.2 Å². The summed E-state index contributed by atoms with van der Waals surface area (Å²) in [5.74, 6) is -1.64. The van der Waals surface area contributed by atoms with Crippen LogP contribution in [0.3, 0.4) is 0 Å². The average molecular weight is 683 g/mol. The topological polar surface area (TPSA) is 99.2 Å². The maximum Gasteiger partial charge on any atom is 0.335 e. The number of amides is 2. The minimum atomic E-state index is -1.05. The number of benzene rings is 3. The van der Waals surface area contributed by atoms with Crippen LogP contribution < -0.4 is 5.32 Å². The van der Waals surface area contributed by atoms with E-state index in [1.165, 1.54) is 40.9 Å². The number of hydrogen-bond donors (Lipinski definition) is 2. The number of morpholine rings is 1. The fraction of sp³-hybridized carbons (Fsp3) is 0.212. The molecule has 2 saturated heterocycles. The van der Waals surface area contributed by atoms with Crippen LogP contribution in [0.4, 0.5) is 5.69 Å². The van der Waals surface area contributed by atoms with Crippen LogP contribution in [0.15, 0.2) is 71.6 Å². The van der Waals surface area contributed by atoms with E-state index in [1.807, 2.05) is 30.3 Å². The number of thiocarbonyl (C=S) groups is 1. The first kappa shape index (κ1) is 32.9. The van der Waals surface area contributed by atoms with E-state index in [1.54, 1.807) is 6.07 Å². The molecular weight excluding hydrogens is 653 g/mol. The first-order chi connectivity index (χ1) is 21.7. The summed E-state index contributed by atoms with van der Waals surface area (Å²) >= 11 is 19.2. The Balaban J connectivity index is 1.31. The van der Waals surface area contributed by atoms with Gasteiger partial charge in [0.25, 0.3) is 5.91 Å². The summed E-state index contributed by atoms with van der Waals surface area (Å²) in [6, 6.07) is 17.4. The minimum absolute atomic E-state index is 0.0191. The number of ether oxygens (including phenoxy) is 1. The summed E-state index contributed by atoms with van der Waals surface area (Å²) in [5.41, 5.74) is 4.16. The Bertz CT molecular complexity index is 1690. The first-order valence-electron chi connectivity index (χ1n) is 14.1. The van der Waals surface area contributed by atoms with Gasteiger partial charge in [0, 0.05) is 38.3 Å². The molecule has 0 unspecified atom stereocenters. The number of nitrogens with zero attached hydrogens (tertiary/aromatic N) is 2. The van der Waals surface area contributed by atoms with E-state index in [4.69, 9.17) is 45.3 Å². The van der Waals surface area contributed by atoms with Crippen LogP contribution in [-0.2, 0) is 14.3 Å². The molecule has 2 N–H and O–H groups in total. The number of carbonyl (C=O) groups excluding carboxylic acids is 2. The highest BCUT2D eigenvalue weighted by Crippen LogP contribution is 2.35. The SMILES string of the molecule is O=C(CCN1C(=O)C(=Cc2cc(C=CCN3CCOCC3)cc(-c3ccc(Cl)c(Cl)c3)c2)SC1=S)Nc1ccc(C(=O)O)cc1. The number of carboxylic acids is 1. The van der Waals surface area contributed by atoms with Crippen molar-refractivity contribution in [2.45, 2.75) is 6.42 Å². The lowest BCUT2D eigenvalue weighted by Crippen LogP contribution is -2.36. The number of rotatable bonds is 10. The van der Waals surface area contributed by atoms with E-state index >= 15 is 0 Å². The second-order valence-corrected chi connectivity index (χ2v) is 12.8. The summed E-state index contributed by atoms with van der Waals surface area (Å²) < 4.78 is 5.81. The zero-order valence-corrected chi connectivity index (χ0v) is 27.1. The molecule has 0 radical (unpaired) electrons. The average Bonchev–Trinajstić information content (AvgIpc) is 3.29. The largest absolute Gasteiger partial charge is 0.478 e. The Morgan fingerprint density at radius 1 is 0.978 bits per heavy atom. The van der Waals surface area contributed by atoms with E-state index in [0.717, 1.165) is 55.1 Å². The molecule has 0 aliphatic carbocycles. The van der Waals surface area contributed by atoms with Crippen molar-refractivity contribution < 1.29 is 24.2 Å². The van der Waals surface area contributed by atoms with Gasteiger partial charge in [0.1, 0.15) is 4.32 Å². The molecule has 0 atom stereocenters. The fourth-order valence-corrected chi connectivity index (χ4v) is 6.40. The van der Waals surface area contributed by atoms with Crippen LogP contribution in [0.1, 0.15) is 27.9 Å². The maximum atomic E-state index is 13.4. The van der Waals surface area contributed by atoms with Gasteiger partial charge >= 0.3 is 5.97 Å². The van der Waals surface area contributed by atoms with Crippen LogP contribution in [0.25, 0.3) is 23.3 Å². The Labute approximate surface area is 280 Å². The van der Waals surface area contributed by atoms with Crippen molar-refractivity contribution in [1.29, 1.82) is 0 Å². The fourth-order valence-electron chi connectivity index (χ4n) is 4.80. The molecule has 2 aliphatic heterocycles. The zero-order valence-electron chi connectivity index (χ0n) is 24.0. The lowest BCUT2D eigenvalue weighted by atomic mass is 9.99. The number of aromatic carboxylic acids is 1. The summed E-state index contributed by atoms with van der Waals surface area (Å²) in [5, 5.41) is 12.7. The number of halogens is 2. The van der Waals surface area contributed by atoms with Crippen molar-refractivity contribution in [1.82, 2.24) is 9.80 Å². The van der Waals surface area contributed by atoms with E-state index in [-0.39, 0.29) is 30.3 Å². The second-order valence-electron chi connectivity index (χ2n) is 10.3. The van der Waals surface area contributed by atoms with E-state index in [0.29, 0.717) is 25.0 Å². The van der Waals surface area contributed by atoms with Crippen LogP contribution in [0.5, 0.6) is 0 Å². The number of anilines is 1. The summed E-state index contributed by atoms with van der Waals surface area (Å²) in [4.78, 5) is 41.2. The number of hydrogen-bond acceptors (Lipinski definition) is 7. The number of thioether (sulfide) groups is 1. The molecule has 0 bridgehead atoms. The Morgan fingerprint density at radius 3 is 2.42 bits per heavy atom. The Morgan fingerprint density at radius 2 is 1.71 bits per heavy atom. The Kier molecular flexibility index (Phi) is 11.1. The molecule has 0 spiro atoms. The predicted octanol–water partition coefficient (Wildman–Crippen LogP) is 6.93. The van der Waals surface area contributed by atoms with Gasteiger partial charge in [-0.25, -0.2) is 4.79 Å². The molecule has 3 aromatic carbocycles. The third-order valence-corrected chi connectivity index (χ3v) is 9.27. The van der Waals surface area contributed by atoms with Gasteiger partial charge in [-0.1, -0.05) is 65.4 Å². The highest BCUT2D eigenvalue weighted by Gasteiger charge is 2.32. The highest BCUT2D eigenvalue weighted by atomic mass is 35.5. The van der Waals surface area contributed by atoms with Gasteiger partial charge in [-0.3, -0.25) is 19.4 Å². The lowest BCUT2D eigenvalue weighted by molar-refractivity contribution is -0.122. The standard InChI is InChI=1S/C33H29Cl2N3O5S2/c34-27-8-5-24(20-28(27)35)25-17-21(2-1-10-37-12-14-43-15-13-37)16-22(18-25)19-29-31(40)38(33(44)45-29)11-9-30(39)36-26-6-3-23(4-7-26)32(41)42/h1-8,16-20H,9-15H2,(H,36,39)(H,41,42). The van der Waals surface area contributed by atoms with Gasteiger partial charge in [-0.15, -0.1) is 0 Å². The second kappa shape index (κ2) is 15.2. The van der Waals surface area contributed by atoms with E-state index in [9.17, 15) is 14.4 Å². The molecule has 2 amide bonds. The zero-order chi connectivity index (χ0) is 31.9. The smallest absolute Gasteiger partial charge is 0.335 e. The van der Waals surface area contributed by atoms with Gasteiger partial charge in [0.2, 0.25) is 5.91 Å². The Hall–Kier alpha value is -3.51. The molecular formula is C33H29Cl2N3O5S2. The van der Waals surface area contributed by atoms with Crippen molar-refractivity contribution in [3.63, 3.8) is 0 Å². The van der Waals surface area contributed by atoms with Crippen LogP contribution in [0.2, 0.25) is 10.0 Å². The van der Waals surface area contributed by atoms with Gasteiger partial charge in [0.05, 0.1) is 33.7 Å². The van der Waals surface area contributed by atoms with Gasteiger partial charge in [0.15, 0.2) is 0 Å². The quantitative estimate of drug-likeness (QED) is 0.176. The van der Waals surface area contributed by atoms with Gasteiger partial charge < -0.3 is 15.2 Å². The first-order valence-corrected chi connectivity index (χ1v) is 16.1. The van der Waals surface area contributed by atoms with Crippen molar-refractivity contribution in [2.75, 3.05) is 44.7 Å². The molecule has 8 nitrogen and oxygen atoms in total. The molecule has 2 fully saturated rings. The van der Waals surface area contributed by atoms with E-state index in [2.05, 4.69) is 28.4 Å². The monoisotopic (exact) mass is 681 g/mol. The summed E-state index contributed by atoms with van der Waals surface area (Å²) in [7, 11) is 0. The molecule has 3 aromatic rings. The van der Waals surface area contributed by atoms with Crippen LogP contribution in [-0.4, -0.2) is 76.4 Å². The molecule has 232 valence electrons. The van der Waals surface area contributed by atoms with Crippen molar-refractivity contribution in [3.8, 4) is 11.1 Å².